The average Bonchev–Trinajstić information content (AvgIpc) is 2.83. The monoisotopic (exact) mass is 270 g/mol. The predicted octanol–water partition coefficient (Wildman–Crippen LogP) is 1.53. The number of hydrogen-bond acceptors (Lipinski definition) is 3. The minimum absolute atomic E-state index is 0.0196. The fourth-order valence-electron chi connectivity index (χ4n) is 2.25. The van der Waals surface area contributed by atoms with Crippen molar-refractivity contribution in [2.45, 2.75) is 6.42 Å². The van der Waals surface area contributed by atoms with E-state index in [0.29, 0.717) is 19.5 Å². The Balaban J connectivity index is 2.15. The molecule has 1 aromatic carbocycles. The molecule has 2 N–H and O–H groups in total. The molecule has 1 aliphatic rings. The van der Waals surface area contributed by atoms with Gasteiger partial charge in [0.2, 0.25) is 5.91 Å². The number of nitrogens with one attached hydrogen (secondary N) is 2. The highest BCUT2D eigenvalue weighted by Gasteiger charge is 2.41. The molecule has 0 bridgehead atoms. The topological polar surface area (TPSA) is 50.4 Å². The molecule has 1 atom stereocenters. The van der Waals surface area contributed by atoms with Crippen LogP contribution < -0.4 is 10.6 Å². The average molecular weight is 270 g/mol. The molecule has 0 saturated carbocycles. The van der Waals surface area contributed by atoms with Crippen molar-refractivity contribution in [1.82, 2.24) is 5.32 Å². The molecule has 0 spiro atoms. The molecule has 1 amide bonds. The van der Waals surface area contributed by atoms with Crippen LogP contribution in [0.5, 0.6) is 0 Å². The maximum atomic E-state index is 13.5. The molecule has 19 heavy (non-hydrogen) atoms. The zero-order valence-electron chi connectivity index (χ0n) is 10.6. The van der Waals surface area contributed by atoms with E-state index in [1.807, 2.05) is 0 Å². The lowest BCUT2D eigenvalue weighted by atomic mass is 9.87. The number of amides is 1. The van der Waals surface area contributed by atoms with E-state index in [1.165, 1.54) is 13.2 Å². The van der Waals surface area contributed by atoms with Gasteiger partial charge in [-0.15, -0.1) is 0 Å². The Morgan fingerprint density at radius 2 is 2.32 bits per heavy atom. The van der Waals surface area contributed by atoms with Crippen LogP contribution in [-0.2, 0) is 9.53 Å². The summed E-state index contributed by atoms with van der Waals surface area (Å²) in [6.45, 7) is 1.45. The summed E-state index contributed by atoms with van der Waals surface area (Å²) in [5.41, 5.74) is -0.718. The van der Waals surface area contributed by atoms with Crippen LogP contribution in [0.2, 0.25) is 0 Å². The van der Waals surface area contributed by atoms with Crippen LogP contribution in [0.3, 0.4) is 0 Å². The highest BCUT2D eigenvalue weighted by molar-refractivity contribution is 5.96. The number of carbonyl (C=O) groups excluding carboxylic acids is 1. The number of methoxy groups -OCH3 is 1. The van der Waals surface area contributed by atoms with E-state index in [1.54, 1.807) is 0 Å². The largest absolute Gasteiger partial charge is 0.384 e. The summed E-state index contributed by atoms with van der Waals surface area (Å²) in [4.78, 5) is 12.3. The van der Waals surface area contributed by atoms with Crippen molar-refractivity contribution in [3.63, 3.8) is 0 Å². The van der Waals surface area contributed by atoms with Gasteiger partial charge in [0.15, 0.2) is 0 Å². The smallest absolute Gasteiger partial charge is 0.234 e. The normalized spacial score (nSPS) is 22.5. The van der Waals surface area contributed by atoms with E-state index in [0.717, 1.165) is 12.1 Å². The summed E-state index contributed by atoms with van der Waals surface area (Å²) in [5.74, 6) is -1.78. The maximum absolute atomic E-state index is 13.5. The van der Waals surface area contributed by atoms with Crippen molar-refractivity contribution < 1.29 is 18.3 Å². The molecule has 104 valence electrons. The summed E-state index contributed by atoms with van der Waals surface area (Å²) in [5, 5.41) is 5.60. The molecule has 6 heteroatoms. The van der Waals surface area contributed by atoms with Crippen molar-refractivity contribution >= 4 is 11.6 Å². The zero-order valence-corrected chi connectivity index (χ0v) is 10.6. The fraction of sp³-hybridized carbons (Fsp3) is 0.462. The van der Waals surface area contributed by atoms with Crippen LogP contribution in [-0.4, -0.2) is 32.7 Å². The predicted molar refractivity (Wildman–Crippen MR) is 66.8 cm³/mol. The molecular weight excluding hydrogens is 254 g/mol. The third-order valence-corrected chi connectivity index (χ3v) is 3.33. The Bertz CT molecular complexity index is 474. The van der Waals surface area contributed by atoms with Gasteiger partial charge in [-0.1, -0.05) is 0 Å². The zero-order chi connectivity index (χ0) is 13.9. The summed E-state index contributed by atoms with van der Waals surface area (Å²) in [6, 6.07) is 3.06. The Labute approximate surface area is 110 Å². The van der Waals surface area contributed by atoms with Gasteiger partial charge in [-0.05, 0) is 25.1 Å². The summed E-state index contributed by atoms with van der Waals surface area (Å²) in [6.07, 6.45) is 0.621. The third-order valence-electron chi connectivity index (χ3n) is 3.33. The van der Waals surface area contributed by atoms with Gasteiger partial charge in [0.25, 0.3) is 0 Å². The lowest BCUT2D eigenvalue weighted by molar-refractivity contribution is -0.127. The molecule has 1 saturated heterocycles. The van der Waals surface area contributed by atoms with Gasteiger partial charge >= 0.3 is 0 Å². The molecule has 1 unspecified atom stereocenters. The van der Waals surface area contributed by atoms with Crippen molar-refractivity contribution in [2.75, 3.05) is 32.1 Å². The van der Waals surface area contributed by atoms with Gasteiger partial charge < -0.3 is 15.4 Å². The lowest BCUT2D eigenvalue weighted by Crippen LogP contribution is -2.42. The molecule has 1 fully saturated rings. The number of anilines is 1. The first-order chi connectivity index (χ1) is 9.07. The van der Waals surface area contributed by atoms with Crippen LogP contribution >= 0.6 is 0 Å². The van der Waals surface area contributed by atoms with Crippen molar-refractivity contribution in [1.29, 1.82) is 0 Å². The summed E-state index contributed by atoms with van der Waals surface area (Å²) < 4.78 is 31.4. The van der Waals surface area contributed by atoms with Gasteiger partial charge in [-0.25, -0.2) is 8.78 Å². The van der Waals surface area contributed by atoms with E-state index in [9.17, 15) is 13.6 Å². The van der Waals surface area contributed by atoms with E-state index >= 15 is 0 Å². The van der Waals surface area contributed by atoms with E-state index in [-0.39, 0.29) is 18.2 Å². The Hall–Kier alpha value is -1.53. The molecule has 0 aromatic heterocycles. The van der Waals surface area contributed by atoms with Gasteiger partial charge in [-0.2, -0.15) is 0 Å². The Morgan fingerprint density at radius 1 is 1.53 bits per heavy atom. The van der Waals surface area contributed by atoms with Crippen molar-refractivity contribution in [2.24, 2.45) is 5.41 Å². The molecule has 1 aromatic rings. The molecular formula is C13H16F2N2O2. The number of halogens is 2. The van der Waals surface area contributed by atoms with Crippen LogP contribution in [0.15, 0.2) is 18.2 Å². The third kappa shape index (κ3) is 2.90. The van der Waals surface area contributed by atoms with E-state index in [2.05, 4.69) is 10.6 Å². The second kappa shape index (κ2) is 5.63. The van der Waals surface area contributed by atoms with Gasteiger partial charge in [0.1, 0.15) is 11.6 Å². The van der Waals surface area contributed by atoms with E-state index < -0.39 is 17.0 Å². The first-order valence-electron chi connectivity index (χ1n) is 6.03. The second-order valence-electron chi connectivity index (χ2n) is 4.72. The molecule has 0 radical (unpaired) electrons. The number of carbonyl (C=O) groups is 1. The maximum Gasteiger partial charge on any atom is 0.234 e. The minimum atomic E-state index is -0.785. The Kier molecular flexibility index (Phi) is 4.11. The van der Waals surface area contributed by atoms with Crippen LogP contribution in [0.25, 0.3) is 0 Å². The SMILES string of the molecule is COCC1(C(=O)Nc2ccc(F)cc2F)CCNC1. The fourth-order valence-corrected chi connectivity index (χ4v) is 2.25. The molecule has 0 aliphatic carbocycles. The first kappa shape index (κ1) is 13.9. The number of rotatable bonds is 4. The second-order valence-corrected chi connectivity index (χ2v) is 4.72. The highest BCUT2D eigenvalue weighted by atomic mass is 19.1. The van der Waals surface area contributed by atoms with Crippen molar-refractivity contribution in [3.8, 4) is 0 Å². The molecule has 4 nitrogen and oxygen atoms in total. The number of hydrogen-bond donors (Lipinski definition) is 2. The van der Waals surface area contributed by atoms with Gasteiger partial charge in [-0.3, -0.25) is 4.79 Å². The van der Waals surface area contributed by atoms with E-state index in [4.69, 9.17) is 4.74 Å². The van der Waals surface area contributed by atoms with Crippen LogP contribution in [0, 0.1) is 17.0 Å². The quantitative estimate of drug-likeness (QED) is 0.872. The molecule has 1 heterocycles. The van der Waals surface area contributed by atoms with Crippen LogP contribution in [0.1, 0.15) is 6.42 Å². The molecule has 2 rings (SSSR count). The highest BCUT2D eigenvalue weighted by Crippen LogP contribution is 2.28. The number of benzene rings is 1. The van der Waals surface area contributed by atoms with Gasteiger partial charge in [0.05, 0.1) is 17.7 Å². The summed E-state index contributed by atoms with van der Waals surface area (Å²) in [7, 11) is 1.52. The van der Waals surface area contributed by atoms with Gasteiger partial charge in [0, 0.05) is 19.7 Å². The number of ether oxygens (including phenoxy) is 1. The molecule has 1 aliphatic heterocycles. The first-order valence-corrected chi connectivity index (χ1v) is 6.03. The standard InChI is InChI=1S/C13H16F2N2O2/c1-19-8-13(4-5-16-7-13)12(18)17-11-3-2-9(14)6-10(11)15/h2-3,6,16H,4-5,7-8H2,1H3,(H,17,18). The minimum Gasteiger partial charge on any atom is -0.384 e. The van der Waals surface area contributed by atoms with Crippen molar-refractivity contribution in [3.05, 3.63) is 29.8 Å². The summed E-state index contributed by atoms with van der Waals surface area (Å²) >= 11 is 0. The van der Waals surface area contributed by atoms with Crippen LogP contribution in [0.4, 0.5) is 14.5 Å². The lowest BCUT2D eigenvalue weighted by Gasteiger charge is -2.26. The Morgan fingerprint density at radius 3 is 2.89 bits per heavy atom.